The van der Waals surface area contributed by atoms with E-state index in [9.17, 15) is 4.79 Å². The molecule has 5 aromatic rings. The van der Waals surface area contributed by atoms with Gasteiger partial charge in [-0.3, -0.25) is 4.79 Å². The van der Waals surface area contributed by atoms with Crippen LogP contribution in [0.4, 0.5) is 0 Å². The van der Waals surface area contributed by atoms with Crippen LogP contribution >= 0.6 is 0 Å². The molecule has 3 aromatic heterocycles. The SMILES string of the molecule is Cc1nn(-c2ccccc2)c(Oc2ccccc2)c1CN(Cc1ccco1)C(=O)c1ccco1. The number of carbonyl (C=O) groups is 1. The van der Waals surface area contributed by atoms with Crippen LogP contribution in [0.3, 0.4) is 0 Å². The van der Waals surface area contributed by atoms with Gasteiger partial charge in [-0.15, -0.1) is 0 Å². The normalized spacial score (nSPS) is 10.9. The van der Waals surface area contributed by atoms with Crippen LogP contribution in [0.2, 0.25) is 0 Å². The van der Waals surface area contributed by atoms with Gasteiger partial charge in [0.05, 0.1) is 42.6 Å². The zero-order chi connectivity index (χ0) is 23.3. The average molecular weight is 453 g/mol. The number of amides is 1. The maximum absolute atomic E-state index is 13.3. The number of nitrogens with zero attached hydrogens (tertiary/aromatic N) is 3. The zero-order valence-corrected chi connectivity index (χ0v) is 18.6. The number of ether oxygens (including phenoxy) is 1. The van der Waals surface area contributed by atoms with Gasteiger partial charge in [0.2, 0.25) is 5.88 Å². The van der Waals surface area contributed by atoms with Crippen molar-refractivity contribution in [2.75, 3.05) is 0 Å². The fourth-order valence-electron chi connectivity index (χ4n) is 3.71. The van der Waals surface area contributed by atoms with E-state index < -0.39 is 0 Å². The largest absolute Gasteiger partial charge is 0.467 e. The van der Waals surface area contributed by atoms with Gasteiger partial charge in [-0.2, -0.15) is 5.10 Å². The van der Waals surface area contributed by atoms with Crippen molar-refractivity contribution in [3.63, 3.8) is 0 Å². The molecule has 0 spiro atoms. The Balaban J connectivity index is 1.56. The molecule has 170 valence electrons. The summed E-state index contributed by atoms with van der Waals surface area (Å²) in [4.78, 5) is 15.0. The number of aryl methyl sites for hydroxylation is 1. The van der Waals surface area contributed by atoms with Gasteiger partial charge in [-0.05, 0) is 55.5 Å². The molecule has 7 nitrogen and oxygen atoms in total. The average Bonchev–Trinajstić information content (AvgIpc) is 3.64. The standard InChI is InChI=1S/C27H23N3O4/c1-20-24(19-29(18-23-14-8-16-32-23)26(31)25-15-9-17-33-25)27(34-22-12-6-3-7-13-22)30(28-20)21-10-4-2-5-11-21/h2-17H,18-19H2,1H3. The molecule has 2 aromatic carbocycles. The summed E-state index contributed by atoms with van der Waals surface area (Å²) in [7, 11) is 0. The van der Waals surface area contributed by atoms with Crippen molar-refractivity contribution < 1.29 is 18.4 Å². The van der Waals surface area contributed by atoms with Crippen LogP contribution in [0.1, 0.15) is 27.6 Å². The van der Waals surface area contributed by atoms with Crippen molar-refractivity contribution in [2.45, 2.75) is 20.0 Å². The second kappa shape index (κ2) is 9.54. The highest BCUT2D eigenvalue weighted by Crippen LogP contribution is 2.32. The third kappa shape index (κ3) is 4.49. The van der Waals surface area contributed by atoms with Gasteiger partial charge in [0.15, 0.2) is 5.76 Å². The Hall–Kier alpha value is -4.52. The molecule has 7 heteroatoms. The predicted octanol–water partition coefficient (Wildman–Crippen LogP) is 6.00. The van der Waals surface area contributed by atoms with Gasteiger partial charge in [0.25, 0.3) is 5.91 Å². The molecule has 0 saturated carbocycles. The van der Waals surface area contributed by atoms with E-state index in [1.807, 2.05) is 73.7 Å². The molecular formula is C27H23N3O4. The lowest BCUT2D eigenvalue weighted by Crippen LogP contribution is -2.30. The van der Waals surface area contributed by atoms with Crippen molar-refractivity contribution in [3.05, 3.63) is 120 Å². The highest BCUT2D eigenvalue weighted by atomic mass is 16.5. The van der Waals surface area contributed by atoms with Crippen molar-refractivity contribution in [1.82, 2.24) is 14.7 Å². The summed E-state index contributed by atoms with van der Waals surface area (Å²) in [6.45, 7) is 2.43. The molecule has 0 aliphatic heterocycles. The lowest BCUT2D eigenvalue weighted by molar-refractivity contribution is 0.0684. The molecular weight excluding hydrogens is 430 g/mol. The maximum atomic E-state index is 13.3. The van der Waals surface area contributed by atoms with E-state index in [0.29, 0.717) is 17.4 Å². The fraction of sp³-hybridized carbons (Fsp3) is 0.111. The van der Waals surface area contributed by atoms with Crippen molar-refractivity contribution >= 4 is 5.91 Å². The molecule has 0 radical (unpaired) electrons. The topological polar surface area (TPSA) is 73.6 Å². The van der Waals surface area contributed by atoms with Crippen LogP contribution in [0.25, 0.3) is 5.69 Å². The Kier molecular flexibility index (Phi) is 5.99. The number of para-hydroxylation sites is 2. The second-order valence-electron chi connectivity index (χ2n) is 7.75. The Morgan fingerprint density at radius 2 is 1.59 bits per heavy atom. The van der Waals surface area contributed by atoms with E-state index in [4.69, 9.17) is 18.7 Å². The molecule has 0 saturated heterocycles. The highest BCUT2D eigenvalue weighted by molar-refractivity contribution is 5.91. The number of carbonyl (C=O) groups excluding carboxylic acids is 1. The lowest BCUT2D eigenvalue weighted by atomic mass is 10.2. The van der Waals surface area contributed by atoms with E-state index in [1.54, 1.807) is 34.0 Å². The van der Waals surface area contributed by atoms with Crippen LogP contribution in [0.5, 0.6) is 11.6 Å². The van der Waals surface area contributed by atoms with Gasteiger partial charge in [-0.1, -0.05) is 36.4 Å². The monoisotopic (exact) mass is 453 g/mol. The van der Waals surface area contributed by atoms with Gasteiger partial charge in [-0.25, -0.2) is 4.68 Å². The first-order chi connectivity index (χ1) is 16.7. The van der Waals surface area contributed by atoms with E-state index in [2.05, 4.69) is 0 Å². The van der Waals surface area contributed by atoms with Crippen LogP contribution < -0.4 is 4.74 Å². The van der Waals surface area contributed by atoms with E-state index >= 15 is 0 Å². The Morgan fingerprint density at radius 1 is 0.882 bits per heavy atom. The summed E-state index contributed by atoms with van der Waals surface area (Å²) in [5, 5.41) is 4.76. The molecule has 0 aliphatic rings. The van der Waals surface area contributed by atoms with Crippen molar-refractivity contribution in [2.24, 2.45) is 0 Å². The Morgan fingerprint density at radius 3 is 2.26 bits per heavy atom. The van der Waals surface area contributed by atoms with E-state index in [1.165, 1.54) is 6.26 Å². The van der Waals surface area contributed by atoms with Crippen LogP contribution in [0.15, 0.2) is 106 Å². The third-order valence-corrected chi connectivity index (χ3v) is 5.39. The number of aromatic nitrogens is 2. The lowest BCUT2D eigenvalue weighted by Gasteiger charge is -2.21. The second-order valence-corrected chi connectivity index (χ2v) is 7.75. The maximum Gasteiger partial charge on any atom is 0.290 e. The molecule has 0 bridgehead atoms. The zero-order valence-electron chi connectivity index (χ0n) is 18.6. The van der Waals surface area contributed by atoms with E-state index in [-0.39, 0.29) is 24.8 Å². The molecule has 0 fully saturated rings. The predicted molar refractivity (Wildman–Crippen MR) is 126 cm³/mol. The number of hydrogen-bond acceptors (Lipinski definition) is 5. The molecule has 34 heavy (non-hydrogen) atoms. The summed E-state index contributed by atoms with van der Waals surface area (Å²) in [6.07, 6.45) is 3.08. The van der Waals surface area contributed by atoms with Crippen LogP contribution in [0, 0.1) is 6.92 Å². The fourth-order valence-corrected chi connectivity index (χ4v) is 3.71. The number of furan rings is 2. The van der Waals surface area contributed by atoms with Gasteiger partial charge >= 0.3 is 0 Å². The number of hydrogen-bond donors (Lipinski definition) is 0. The first kappa shape index (κ1) is 21.3. The summed E-state index contributed by atoms with van der Waals surface area (Å²) < 4.78 is 19.0. The number of rotatable bonds is 8. The van der Waals surface area contributed by atoms with Gasteiger partial charge in [0.1, 0.15) is 11.5 Å². The molecule has 1 amide bonds. The van der Waals surface area contributed by atoms with Crippen LogP contribution in [-0.2, 0) is 13.1 Å². The summed E-state index contributed by atoms with van der Waals surface area (Å²) in [5.74, 6) is 1.89. The minimum Gasteiger partial charge on any atom is -0.467 e. The van der Waals surface area contributed by atoms with E-state index in [0.717, 1.165) is 16.9 Å². The van der Waals surface area contributed by atoms with Crippen LogP contribution in [-0.4, -0.2) is 20.6 Å². The molecule has 5 rings (SSSR count). The molecule has 0 aliphatic carbocycles. The third-order valence-electron chi connectivity index (χ3n) is 5.39. The van der Waals surface area contributed by atoms with Crippen molar-refractivity contribution in [3.8, 4) is 17.3 Å². The minimum atomic E-state index is -0.251. The first-order valence-electron chi connectivity index (χ1n) is 10.9. The van der Waals surface area contributed by atoms with Gasteiger partial charge < -0.3 is 18.5 Å². The first-order valence-corrected chi connectivity index (χ1v) is 10.9. The summed E-state index contributed by atoms with van der Waals surface area (Å²) in [5.41, 5.74) is 2.41. The molecule has 0 N–H and O–H groups in total. The summed E-state index contributed by atoms with van der Waals surface area (Å²) >= 11 is 0. The van der Waals surface area contributed by atoms with Crippen molar-refractivity contribution in [1.29, 1.82) is 0 Å². The van der Waals surface area contributed by atoms with Gasteiger partial charge in [0, 0.05) is 0 Å². The Bertz CT molecular complexity index is 1340. The molecule has 0 atom stereocenters. The number of benzene rings is 2. The minimum absolute atomic E-state index is 0.251. The quantitative estimate of drug-likeness (QED) is 0.288. The molecule has 3 heterocycles. The summed E-state index contributed by atoms with van der Waals surface area (Å²) in [6, 6.07) is 26.3. The Labute approximate surface area is 196 Å². The molecule has 0 unspecified atom stereocenters. The smallest absolute Gasteiger partial charge is 0.290 e. The highest BCUT2D eigenvalue weighted by Gasteiger charge is 2.26.